The smallest absolute Gasteiger partial charge is 0.267 e. The lowest BCUT2D eigenvalue weighted by molar-refractivity contribution is -0.122. The molecule has 2 amide bonds. The van der Waals surface area contributed by atoms with Gasteiger partial charge in [-0.3, -0.25) is 19.0 Å². The van der Waals surface area contributed by atoms with Gasteiger partial charge in [0.25, 0.3) is 21.9 Å². The predicted octanol–water partition coefficient (Wildman–Crippen LogP) is 1.88. The van der Waals surface area contributed by atoms with Crippen LogP contribution in [0.5, 0.6) is 0 Å². The van der Waals surface area contributed by atoms with Gasteiger partial charge in [-0.25, -0.2) is 0 Å². The molecule has 25 heavy (non-hydrogen) atoms. The van der Waals surface area contributed by atoms with Crippen LogP contribution in [0.4, 0.5) is 5.69 Å². The topological polar surface area (TPSA) is 95.0 Å². The molecule has 2 aliphatic heterocycles. The van der Waals surface area contributed by atoms with Crippen LogP contribution < -0.4 is 4.90 Å². The molecule has 0 aliphatic carbocycles. The highest BCUT2D eigenvalue weighted by Crippen LogP contribution is 2.44. The van der Waals surface area contributed by atoms with Crippen LogP contribution >= 0.6 is 39.9 Å². The molecule has 7 nitrogen and oxygen atoms in total. The summed E-state index contributed by atoms with van der Waals surface area (Å²) < 4.78 is 31.6. The molecule has 132 valence electrons. The van der Waals surface area contributed by atoms with Crippen LogP contribution in [0.15, 0.2) is 27.6 Å². The van der Waals surface area contributed by atoms with E-state index < -0.39 is 21.8 Å². The molecule has 11 heteroatoms. The molecule has 2 heterocycles. The van der Waals surface area contributed by atoms with Crippen LogP contribution in [0.25, 0.3) is 5.57 Å². The molecular weight excluding hydrogens is 452 g/mol. The third kappa shape index (κ3) is 3.38. The Morgan fingerprint density at radius 3 is 2.60 bits per heavy atom. The Bertz CT molecular complexity index is 957. The second kappa shape index (κ2) is 6.47. The Balaban J connectivity index is 2.04. The molecule has 0 atom stereocenters. The van der Waals surface area contributed by atoms with Gasteiger partial charge in [-0.1, -0.05) is 39.9 Å². The monoisotopic (exact) mass is 462 g/mol. The molecule has 0 unspecified atom stereocenters. The number of halogens is 1. The van der Waals surface area contributed by atoms with Crippen LogP contribution in [-0.4, -0.2) is 53.4 Å². The molecule has 0 spiro atoms. The van der Waals surface area contributed by atoms with Crippen LogP contribution in [0.2, 0.25) is 0 Å². The first-order chi connectivity index (χ1) is 11.6. The summed E-state index contributed by atoms with van der Waals surface area (Å²) in [4.78, 5) is 28.0. The largest absolute Gasteiger partial charge is 0.311 e. The van der Waals surface area contributed by atoms with Gasteiger partial charge in [0.2, 0.25) is 0 Å². The Kier molecular flexibility index (Phi) is 4.79. The summed E-state index contributed by atoms with van der Waals surface area (Å²) in [6, 6.07) is 5.31. The number of carbonyl (C=O) groups excluding carboxylic acids is 2. The summed E-state index contributed by atoms with van der Waals surface area (Å²) in [5.74, 6) is -1.50. The lowest BCUT2D eigenvalue weighted by atomic mass is 10.1. The molecule has 1 aromatic rings. The van der Waals surface area contributed by atoms with E-state index in [0.717, 1.165) is 21.1 Å². The normalized spacial score (nSPS) is 20.7. The summed E-state index contributed by atoms with van der Waals surface area (Å²) in [5.41, 5.74) is 1.52. The van der Waals surface area contributed by atoms with Crippen molar-refractivity contribution in [1.82, 2.24) is 4.90 Å². The maximum Gasteiger partial charge on any atom is 0.267 e. The highest BCUT2D eigenvalue weighted by atomic mass is 79.9. The van der Waals surface area contributed by atoms with Crippen molar-refractivity contribution in [1.29, 1.82) is 0 Å². The number of benzene rings is 1. The molecule has 0 bridgehead atoms. The molecule has 0 saturated carbocycles. The van der Waals surface area contributed by atoms with E-state index in [1.54, 1.807) is 25.2 Å². The van der Waals surface area contributed by atoms with Crippen molar-refractivity contribution in [3.05, 3.63) is 33.1 Å². The highest BCUT2D eigenvalue weighted by molar-refractivity contribution is 9.10. The quantitative estimate of drug-likeness (QED) is 0.416. The molecule has 3 rings (SSSR count). The summed E-state index contributed by atoms with van der Waals surface area (Å²) in [5, 5.41) is 0. The Morgan fingerprint density at radius 1 is 1.28 bits per heavy atom. The average Bonchev–Trinajstić information content (AvgIpc) is 2.91. The summed E-state index contributed by atoms with van der Waals surface area (Å²) in [7, 11) is -2.62. The molecule has 0 radical (unpaired) electrons. The van der Waals surface area contributed by atoms with Gasteiger partial charge in [-0.2, -0.15) is 8.42 Å². The molecule has 1 saturated heterocycles. The van der Waals surface area contributed by atoms with E-state index in [0.29, 0.717) is 11.3 Å². The van der Waals surface area contributed by atoms with E-state index in [1.807, 2.05) is 0 Å². The number of hydrogen-bond acceptors (Lipinski definition) is 6. The van der Waals surface area contributed by atoms with Crippen molar-refractivity contribution in [2.75, 3.05) is 24.2 Å². The van der Waals surface area contributed by atoms with Gasteiger partial charge >= 0.3 is 0 Å². The van der Waals surface area contributed by atoms with Gasteiger partial charge in [-0.15, -0.1) is 0 Å². The number of anilines is 1. The van der Waals surface area contributed by atoms with E-state index in [2.05, 4.69) is 15.9 Å². The number of hydrogen-bond donors (Lipinski definition) is 1. The van der Waals surface area contributed by atoms with E-state index in [-0.39, 0.29) is 27.3 Å². The summed E-state index contributed by atoms with van der Waals surface area (Å²) in [6.07, 6.45) is 0. The molecule has 1 N–H and O–H groups in total. The molecule has 2 aliphatic rings. The number of fused-ring (bicyclic) bond motifs is 1. The fourth-order valence-electron chi connectivity index (χ4n) is 2.56. The van der Waals surface area contributed by atoms with E-state index in [4.69, 9.17) is 16.8 Å². The standard InChI is InChI=1S/C14H11BrN2O5S3/c1-16-9-3-2-7(15)6-8(9)10(12(16)18)11-13(19)17(14(23)24-11)4-5-25(20,21)22/h2-3,6H,4-5H2,1H3,(H,20,21,22). The third-order valence-corrected chi connectivity index (χ3v) is 6.40. The van der Waals surface area contributed by atoms with Crippen molar-refractivity contribution in [3.8, 4) is 0 Å². The number of thioether (sulfide) groups is 1. The Hall–Kier alpha value is -1.27. The third-order valence-electron chi connectivity index (χ3n) is 3.76. The fourth-order valence-corrected chi connectivity index (χ4v) is 4.72. The number of likely N-dealkylation sites (N-methyl/N-ethyl adjacent to an activating group) is 1. The number of thiocarbonyl (C=S) groups is 1. The van der Waals surface area contributed by atoms with Crippen LogP contribution in [0, 0.1) is 0 Å². The van der Waals surface area contributed by atoms with E-state index >= 15 is 0 Å². The first-order valence-electron chi connectivity index (χ1n) is 6.91. The number of rotatable bonds is 3. The second-order valence-electron chi connectivity index (χ2n) is 5.34. The first-order valence-corrected chi connectivity index (χ1v) is 10.5. The van der Waals surface area contributed by atoms with Crippen LogP contribution in [-0.2, 0) is 19.7 Å². The Labute approximate surface area is 161 Å². The number of amides is 2. The second-order valence-corrected chi connectivity index (χ2v) is 9.47. The minimum atomic E-state index is -4.23. The maximum atomic E-state index is 12.7. The number of nitrogens with zero attached hydrogens (tertiary/aromatic N) is 2. The van der Waals surface area contributed by atoms with Crippen molar-refractivity contribution < 1.29 is 22.6 Å². The molecule has 1 fully saturated rings. The van der Waals surface area contributed by atoms with E-state index in [9.17, 15) is 18.0 Å². The minimum absolute atomic E-state index is 0.148. The van der Waals surface area contributed by atoms with E-state index in [1.165, 1.54) is 4.90 Å². The van der Waals surface area contributed by atoms with Gasteiger partial charge in [0.1, 0.15) is 4.32 Å². The zero-order chi connectivity index (χ0) is 18.5. The lowest BCUT2D eigenvalue weighted by Gasteiger charge is -2.12. The molecule has 0 aromatic heterocycles. The summed E-state index contributed by atoms with van der Waals surface area (Å²) >= 11 is 9.44. The van der Waals surface area contributed by atoms with Crippen molar-refractivity contribution in [3.63, 3.8) is 0 Å². The fraction of sp³-hybridized carbons (Fsp3) is 0.214. The first kappa shape index (κ1) is 18.5. The van der Waals surface area contributed by atoms with Gasteiger partial charge in [0.15, 0.2) is 0 Å². The zero-order valence-electron chi connectivity index (χ0n) is 12.7. The average molecular weight is 463 g/mol. The van der Waals surface area contributed by atoms with Crippen molar-refractivity contribution in [2.24, 2.45) is 0 Å². The maximum absolute atomic E-state index is 12.7. The van der Waals surface area contributed by atoms with Crippen molar-refractivity contribution in [2.45, 2.75) is 0 Å². The van der Waals surface area contributed by atoms with Crippen LogP contribution in [0.1, 0.15) is 5.56 Å². The Morgan fingerprint density at radius 2 is 1.96 bits per heavy atom. The predicted molar refractivity (Wildman–Crippen MR) is 103 cm³/mol. The zero-order valence-corrected chi connectivity index (χ0v) is 16.8. The summed E-state index contributed by atoms with van der Waals surface area (Å²) in [6.45, 7) is -0.268. The van der Waals surface area contributed by atoms with Crippen molar-refractivity contribution >= 4 is 77.4 Å². The number of carbonyl (C=O) groups is 2. The molecule has 1 aromatic carbocycles. The SMILES string of the molecule is CN1C(=O)C(=C2SC(=S)N(CCS(=O)(=O)O)C2=O)c2cc(Br)ccc21. The van der Waals surface area contributed by atoms with Crippen LogP contribution in [0.3, 0.4) is 0 Å². The highest BCUT2D eigenvalue weighted by Gasteiger charge is 2.41. The van der Waals surface area contributed by atoms with Gasteiger partial charge in [0, 0.05) is 23.6 Å². The lowest BCUT2D eigenvalue weighted by Crippen LogP contribution is -2.33. The van der Waals surface area contributed by atoms with Gasteiger partial charge in [-0.05, 0) is 18.2 Å². The van der Waals surface area contributed by atoms with Gasteiger partial charge < -0.3 is 4.90 Å². The van der Waals surface area contributed by atoms with Gasteiger partial charge in [0.05, 0.1) is 21.9 Å². The molecular formula is C14H11BrN2O5S3. The minimum Gasteiger partial charge on any atom is -0.311 e.